The van der Waals surface area contributed by atoms with Crippen molar-refractivity contribution < 1.29 is 14.3 Å². The summed E-state index contributed by atoms with van der Waals surface area (Å²) in [6, 6.07) is 32.6. The Labute approximate surface area is 261 Å². The molecule has 0 aliphatic heterocycles. The van der Waals surface area contributed by atoms with Crippen LogP contribution in [0.2, 0.25) is 5.02 Å². The second-order valence-corrected chi connectivity index (χ2v) is 10.2. The van der Waals surface area contributed by atoms with Crippen molar-refractivity contribution in [3.63, 3.8) is 0 Å². The number of methoxy groups -OCH3 is 1. The fourth-order valence-electron chi connectivity index (χ4n) is 4.42. The summed E-state index contributed by atoms with van der Waals surface area (Å²) in [6.07, 6.45) is 3.53. The average molecular weight is 606 g/mol. The number of halogens is 1. The van der Waals surface area contributed by atoms with E-state index in [0.29, 0.717) is 41.1 Å². The van der Waals surface area contributed by atoms with Gasteiger partial charge < -0.3 is 25.4 Å². The standard InChI is InChI=1S/C35H32ClN5O3/c1-24(34(42)43-2)22-25-12-15-28(16-13-25)44-33-11-7-6-10-31(33)41-35(40-27-8-4-3-5-9-27)39-21-20-38-30-18-19-37-32-23-26(36)14-17-29(30)32/h3-19,22-23H,20-21H2,1-2H3,(H,37,38)(H2,39,40,41)/b24-22+. The molecule has 222 valence electrons. The van der Waals surface area contributed by atoms with Crippen LogP contribution in [0.3, 0.4) is 0 Å². The van der Waals surface area contributed by atoms with Crippen molar-refractivity contribution in [3.8, 4) is 11.5 Å². The number of nitrogens with zero attached hydrogens (tertiary/aromatic N) is 2. The Balaban J connectivity index is 1.30. The smallest absolute Gasteiger partial charge is 0.333 e. The monoisotopic (exact) mass is 605 g/mol. The number of hydrogen-bond donors (Lipinski definition) is 3. The summed E-state index contributed by atoms with van der Waals surface area (Å²) in [4.78, 5) is 21.0. The zero-order valence-electron chi connectivity index (χ0n) is 24.4. The number of carbonyl (C=O) groups is 1. The molecule has 0 aliphatic carbocycles. The molecular weight excluding hydrogens is 574 g/mol. The number of ether oxygens (including phenoxy) is 2. The minimum atomic E-state index is -0.362. The van der Waals surface area contributed by atoms with E-state index in [1.807, 2.05) is 103 Å². The molecule has 0 amide bonds. The number of esters is 1. The van der Waals surface area contributed by atoms with Crippen molar-refractivity contribution in [2.45, 2.75) is 6.92 Å². The number of fused-ring (bicyclic) bond motifs is 1. The Morgan fingerprint density at radius 3 is 2.48 bits per heavy atom. The van der Waals surface area contributed by atoms with Gasteiger partial charge in [0.15, 0.2) is 11.7 Å². The number of pyridine rings is 1. The molecule has 0 fully saturated rings. The Bertz CT molecular complexity index is 1790. The second-order valence-electron chi connectivity index (χ2n) is 9.78. The number of benzene rings is 4. The number of guanidine groups is 1. The highest BCUT2D eigenvalue weighted by molar-refractivity contribution is 6.31. The predicted octanol–water partition coefficient (Wildman–Crippen LogP) is 8.25. The third-order valence-corrected chi connectivity index (χ3v) is 6.81. The number of aromatic nitrogens is 1. The van der Waals surface area contributed by atoms with E-state index < -0.39 is 0 Å². The molecule has 3 N–H and O–H groups in total. The normalized spacial score (nSPS) is 11.6. The topological polar surface area (TPSA) is 96.9 Å². The fourth-order valence-corrected chi connectivity index (χ4v) is 4.58. The van der Waals surface area contributed by atoms with Gasteiger partial charge in [-0.05, 0) is 79.2 Å². The average Bonchev–Trinajstić information content (AvgIpc) is 3.04. The molecule has 0 aliphatic rings. The fraction of sp³-hybridized carbons (Fsp3) is 0.114. The second kappa shape index (κ2) is 14.7. The van der Waals surface area contributed by atoms with E-state index in [-0.39, 0.29) is 5.97 Å². The number of rotatable bonds is 10. The molecule has 0 saturated carbocycles. The predicted molar refractivity (Wildman–Crippen MR) is 180 cm³/mol. The maximum atomic E-state index is 11.7. The van der Waals surface area contributed by atoms with Crippen LogP contribution in [0.1, 0.15) is 12.5 Å². The Hall–Kier alpha value is -5.34. The van der Waals surface area contributed by atoms with Gasteiger partial charge in [-0.2, -0.15) is 0 Å². The summed E-state index contributed by atoms with van der Waals surface area (Å²) in [7, 11) is 1.37. The molecule has 0 bridgehead atoms. The highest BCUT2D eigenvalue weighted by Gasteiger charge is 2.09. The Morgan fingerprint density at radius 1 is 0.909 bits per heavy atom. The van der Waals surface area contributed by atoms with Gasteiger partial charge in [-0.25, -0.2) is 4.79 Å². The molecule has 44 heavy (non-hydrogen) atoms. The first kappa shape index (κ1) is 30.1. The van der Waals surface area contributed by atoms with E-state index in [2.05, 4.69) is 20.9 Å². The summed E-state index contributed by atoms with van der Waals surface area (Å²) in [5.74, 6) is 1.49. The zero-order chi connectivity index (χ0) is 30.7. The molecule has 9 heteroatoms. The van der Waals surface area contributed by atoms with Crippen LogP contribution in [0.25, 0.3) is 17.0 Å². The van der Waals surface area contributed by atoms with Crippen molar-refractivity contribution >= 4 is 57.6 Å². The molecule has 0 unspecified atom stereocenters. The van der Waals surface area contributed by atoms with Crippen LogP contribution in [0.4, 0.5) is 17.1 Å². The number of carbonyl (C=O) groups excluding carboxylic acids is 1. The van der Waals surface area contributed by atoms with Crippen LogP contribution < -0.4 is 20.7 Å². The van der Waals surface area contributed by atoms with Gasteiger partial charge in [0.1, 0.15) is 5.75 Å². The minimum Gasteiger partial charge on any atom is -0.466 e. The molecule has 5 rings (SSSR count). The number of nitrogens with one attached hydrogen (secondary N) is 3. The molecule has 0 saturated heterocycles. The van der Waals surface area contributed by atoms with E-state index in [0.717, 1.165) is 33.5 Å². The van der Waals surface area contributed by atoms with E-state index in [1.165, 1.54) is 7.11 Å². The van der Waals surface area contributed by atoms with Crippen LogP contribution in [-0.2, 0) is 9.53 Å². The highest BCUT2D eigenvalue weighted by Crippen LogP contribution is 2.30. The molecule has 0 atom stereocenters. The minimum absolute atomic E-state index is 0.362. The Morgan fingerprint density at radius 2 is 1.68 bits per heavy atom. The van der Waals surface area contributed by atoms with Crippen molar-refractivity contribution in [1.82, 2.24) is 4.98 Å². The van der Waals surface area contributed by atoms with Crippen LogP contribution in [-0.4, -0.2) is 37.1 Å². The largest absolute Gasteiger partial charge is 0.466 e. The van der Waals surface area contributed by atoms with Crippen molar-refractivity contribution in [2.75, 3.05) is 36.1 Å². The summed E-state index contributed by atoms with van der Waals surface area (Å²) in [5, 5.41) is 11.9. The summed E-state index contributed by atoms with van der Waals surface area (Å²) >= 11 is 6.14. The van der Waals surface area contributed by atoms with Gasteiger partial charge in [0, 0.05) is 40.1 Å². The summed E-state index contributed by atoms with van der Waals surface area (Å²) < 4.78 is 11.0. The van der Waals surface area contributed by atoms with Gasteiger partial charge in [-0.3, -0.25) is 9.98 Å². The van der Waals surface area contributed by atoms with E-state index in [9.17, 15) is 4.79 Å². The Kier molecular flexibility index (Phi) is 10.1. The van der Waals surface area contributed by atoms with Crippen LogP contribution in [0.15, 0.2) is 120 Å². The summed E-state index contributed by atoms with van der Waals surface area (Å²) in [5.41, 5.74) is 4.82. The molecular formula is C35H32ClN5O3. The first-order valence-corrected chi connectivity index (χ1v) is 14.4. The maximum Gasteiger partial charge on any atom is 0.333 e. The van der Waals surface area contributed by atoms with Crippen molar-refractivity contribution in [2.24, 2.45) is 4.99 Å². The lowest BCUT2D eigenvalue weighted by atomic mass is 10.1. The molecule has 1 aromatic heterocycles. The third kappa shape index (κ3) is 8.14. The quantitative estimate of drug-likeness (QED) is 0.0485. The lowest BCUT2D eigenvalue weighted by molar-refractivity contribution is -0.135. The van der Waals surface area contributed by atoms with Crippen LogP contribution >= 0.6 is 11.6 Å². The molecule has 8 nitrogen and oxygen atoms in total. The number of hydrogen-bond acceptors (Lipinski definition) is 6. The van der Waals surface area contributed by atoms with E-state index in [1.54, 1.807) is 19.2 Å². The lowest BCUT2D eigenvalue weighted by Crippen LogP contribution is -2.23. The first-order chi connectivity index (χ1) is 21.5. The molecule has 0 spiro atoms. The van der Waals surface area contributed by atoms with Gasteiger partial charge in [-0.1, -0.05) is 54.1 Å². The van der Waals surface area contributed by atoms with E-state index >= 15 is 0 Å². The number of aliphatic imine (C=N–C) groups is 1. The number of para-hydroxylation sites is 3. The molecule has 0 radical (unpaired) electrons. The van der Waals surface area contributed by atoms with Crippen LogP contribution in [0, 0.1) is 0 Å². The van der Waals surface area contributed by atoms with Gasteiger partial charge in [0.2, 0.25) is 0 Å². The first-order valence-electron chi connectivity index (χ1n) is 14.0. The van der Waals surface area contributed by atoms with Gasteiger partial charge >= 0.3 is 5.97 Å². The summed E-state index contributed by atoms with van der Waals surface area (Å²) in [6.45, 7) is 2.80. The molecule has 4 aromatic carbocycles. The van der Waals surface area contributed by atoms with Gasteiger partial charge in [0.25, 0.3) is 0 Å². The van der Waals surface area contributed by atoms with Crippen molar-refractivity contribution in [1.29, 1.82) is 0 Å². The number of anilines is 3. The van der Waals surface area contributed by atoms with E-state index in [4.69, 9.17) is 26.1 Å². The van der Waals surface area contributed by atoms with Crippen molar-refractivity contribution in [3.05, 3.63) is 125 Å². The SMILES string of the molecule is COC(=O)/C(C)=C/c1ccc(Oc2ccccc2NC(=NCCNc2ccnc3cc(Cl)ccc23)Nc2ccccc2)cc1. The van der Waals surface area contributed by atoms with Crippen LogP contribution in [0.5, 0.6) is 11.5 Å². The lowest BCUT2D eigenvalue weighted by Gasteiger charge is -2.16. The highest BCUT2D eigenvalue weighted by atomic mass is 35.5. The molecule has 1 heterocycles. The molecule has 5 aromatic rings. The third-order valence-electron chi connectivity index (χ3n) is 6.58. The van der Waals surface area contributed by atoms with Gasteiger partial charge in [0.05, 0.1) is 24.9 Å². The maximum absolute atomic E-state index is 11.7. The zero-order valence-corrected chi connectivity index (χ0v) is 25.1. The van der Waals surface area contributed by atoms with Gasteiger partial charge in [-0.15, -0.1) is 0 Å².